The molecule has 1 unspecified atom stereocenters. The van der Waals surface area contributed by atoms with Crippen LogP contribution in [0.5, 0.6) is 0 Å². The van der Waals surface area contributed by atoms with Crippen LogP contribution in [-0.2, 0) is 0 Å². The van der Waals surface area contributed by atoms with Crippen molar-refractivity contribution < 1.29 is 9.90 Å². The van der Waals surface area contributed by atoms with Gasteiger partial charge in [-0.1, -0.05) is 12.1 Å². The highest BCUT2D eigenvalue weighted by Gasteiger charge is 2.13. The Morgan fingerprint density at radius 2 is 2.05 bits per heavy atom. The highest BCUT2D eigenvalue weighted by Crippen LogP contribution is 2.17. The summed E-state index contributed by atoms with van der Waals surface area (Å²) in [5, 5.41) is 29.2. The van der Waals surface area contributed by atoms with E-state index < -0.39 is 12.1 Å². The predicted molar refractivity (Wildman–Crippen MR) is 68.9 cm³/mol. The fraction of sp³-hybridized carbons (Fsp3) is 0.308. The zero-order valence-electron chi connectivity index (χ0n) is 10.5. The van der Waals surface area contributed by atoms with E-state index in [0.29, 0.717) is 11.3 Å². The van der Waals surface area contributed by atoms with Gasteiger partial charge < -0.3 is 10.4 Å². The molecule has 6 nitrogen and oxygen atoms in total. The first-order valence-corrected chi connectivity index (χ1v) is 5.66. The zero-order chi connectivity index (χ0) is 14.3. The Morgan fingerprint density at radius 3 is 2.58 bits per heavy atom. The third-order valence-electron chi connectivity index (χ3n) is 2.43. The lowest BCUT2D eigenvalue weighted by Gasteiger charge is -2.17. The van der Waals surface area contributed by atoms with E-state index in [1.54, 1.807) is 31.2 Å². The van der Waals surface area contributed by atoms with Crippen molar-refractivity contribution in [3.63, 3.8) is 0 Å². The van der Waals surface area contributed by atoms with Crippen LogP contribution in [0.1, 0.15) is 18.6 Å². The molecule has 19 heavy (non-hydrogen) atoms. The molecule has 0 spiro atoms. The summed E-state index contributed by atoms with van der Waals surface area (Å²) < 4.78 is 0. The van der Waals surface area contributed by atoms with Gasteiger partial charge in [-0.3, -0.25) is 4.90 Å². The Kier molecular flexibility index (Phi) is 5.34. The van der Waals surface area contributed by atoms with E-state index in [2.05, 4.69) is 5.32 Å². The molecule has 6 heteroatoms. The minimum absolute atomic E-state index is 0.157. The van der Waals surface area contributed by atoms with Crippen molar-refractivity contribution in [1.82, 2.24) is 4.90 Å². The number of hydrogen-bond donors (Lipinski definition) is 2. The van der Waals surface area contributed by atoms with Gasteiger partial charge in [-0.05, 0) is 24.6 Å². The van der Waals surface area contributed by atoms with Crippen LogP contribution in [0.15, 0.2) is 24.3 Å². The molecular formula is C13H14N4O2. The lowest BCUT2D eigenvalue weighted by Crippen LogP contribution is -2.35. The van der Waals surface area contributed by atoms with Crippen LogP contribution < -0.4 is 5.32 Å². The number of carbonyl (C=O) groups excluding carboxylic acids is 1. The van der Waals surface area contributed by atoms with Crippen LogP contribution in [0.3, 0.4) is 0 Å². The van der Waals surface area contributed by atoms with Crippen molar-refractivity contribution in [3.05, 3.63) is 29.8 Å². The normalized spacial score (nSPS) is 10.9. The van der Waals surface area contributed by atoms with Gasteiger partial charge >= 0.3 is 6.03 Å². The molecule has 0 aliphatic carbocycles. The molecule has 0 aliphatic heterocycles. The average molecular weight is 258 g/mol. The fourth-order valence-electron chi connectivity index (χ4n) is 1.45. The molecule has 1 rings (SSSR count). The van der Waals surface area contributed by atoms with E-state index in [1.807, 2.05) is 12.1 Å². The van der Waals surface area contributed by atoms with Gasteiger partial charge in [-0.25, -0.2) is 4.79 Å². The summed E-state index contributed by atoms with van der Waals surface area (Å²) in [5.74, 6) is 0. The first kappa shape index (κ1) is 14.5. The van der Waals surface area contributed by atoms with Crippen molar-refractivity contribution in [2.45, 2.75) is 13.0 Å². The number of aliphatic hydroxyl groups is 1. The summed E-state index contributed by atoms with van der Waals surface area (Å²) in [6, 6.07) is 9.87. The van der Waals surface area contributed by atoms with E-state index in [1.165, 1.54) is 0 Å². The molecule has 1 aromatic carbocycles. The molecule has 98 valence electrons. The Balaban J connectivity index is 2.78. The molecule has 2 amide bonds. The molecule has 2 N–H and O–H groups in total. The maximum atomic E-state index is 11.8. The van der Waals surface area contributed by atoms with Crippen LogP contribution >= 0.6 is 0 Å². The molecule has 0 heterocycles. The van der Waals surface area contributed by atoms with E-state index in [-0.39, 0.29) is 13.1 Å². The number of anilines is 1. The Hall–Kier alpha value is -2.57. The molecule has 1 aromatic rings. The Labute approximate surface area is 111 Å². The molecule has 0 aliphatic rings. The van der Waals surface area contributed by atoms with E-state index >= 15 is 0 Å². The van der Waals surface area contributed by atoms with Crippen LogP contribution in [0.2, 0.25) is 0 Å². The van der Waals surface area contributed by atoms with Crippen molar-refractivity contribution in [2.75, 3.05) is 18.4 Å². The minimum Gasteiger partial charge on any atom is -0.389 e. The molecule has 0 aromatic heterocycles. The molecule has 0 fully saturated rings. The molecule has 1 atom stereocenters. The third-order valence-corrected chi connectivity index (χ3v) is 2.43. The molecule has 0 saturated heterocycles. The molecule has 0 saturated carbocycles. The number of aliphatic hydroxyl groups excluding tert-OH is 1. The fourth-order valence-corrected chi connectivity index (χ4v) is 1.45. The highest BCUT2D eigenvalue weighted by atomic mass is 16.3. The number of amides is 2. The maximum absolute atomic E-state index is 11.8. The molecular weight excluding hydrogens is 244 g/mol. The smallest absolute Gasteiger partial charge is 0.323 e. The van der Waals surface area contributed by atoms with E-state index in [9.17, 15) is 9.90 Å². The first-order valence-electron chi connectivity index (χ1n) is 5.66. The van der Waals surface area contributed by atoms with Crippen molar-refractivity contribution in [2.24, 2.45) is 0 Å². The lowest BCUT2D eigenvalue weighted by atomic mass is 10.1. The number of nitrogens with one attached hydrogen (secondary N) is 1. The second kappa shape index (κ2) is 7.00. The number of hydrogen-bond acceptors (Lipinski definition) is 4. The standard InChI is InChI=1S/C13H14N4O2/c1-10(18)11-3-2-4-12(9-11)16-13(19)17(7-5-14)8-6-15/h2-4,9-10,18H,7-8H2,1H3,(H,16,19). The summed E-state index contributed by atoms with van der Waals surface area (Å²) >= 11 is 0. The first-order chi connectivity index (χ1) is 9.08. The number of nitriles is 2. The average Bonchev–Trinajstić information content (AvgIpc) is 2.38. The second-order valence-corrected chi connectivity index (χ2v) is 3.90. The van der Waals surface area contributed by atoms with Gasteiger partial charge in [0.2, 0.25) is 0 Å². The number of benzene rings is 1. The summed E-state index contributed by atoms with van der Waals surface area (Å²) in [6.07, 6.45) is -0.633. The monoisotopic (exact) mass is 258 g/mol. The maximum Gasteiger partial charge on any atom is 0.323 e. The Bertz CT molecular complexity index is 512. The van der Waals surface area contributed by atoms with Gasteiger partial charge in [-0.2, -0.15) is 10.5 Å². The van der Waals surface area contributed by atoms with Gasteiger partial charge in [0.25, 0.3) is 0 Å². The minimum atomic E-state index is -0.633. The van der Waals surface area contributed by atoms with Crippen molar-refractivity contribution in [3.8, 4) is 12.1 Å². The largest absolute Gasteiger partial charge is 0.389 e. The van der Waals surface area contributed by atoms with E-state index in [4.69, 9.17) is 10.5 Å². The SMILES string of the molecule is CC(O)c1cccc(NC(=O)N(CC#N)CC#N)c1. The topological polar surface area (TPSA) is 100 Å². The summed E-state index contributed by atoms with van der Waals surface area (Å²) in [6.45, 7) is 1.31. The van der Waals surface area contributed by atoms with Crippen LogP contribution in [-0.4, -0.2) is 29.1 Å². The number of carbonyl (C=O) groups is 1. The summed E-state index contributed by atoms with van der Waals surface area (Å²) in [7, 11) is 0. The lowest BCUT2D eigenvalue weighted by molar-refractivity contribution is 0.199. The molecule has 0 bridgehead atoms. The quantitative estimate of drug-likeness (QED) is 0.801. The van der Waals surface area contributed by atoms with Crippen LogP contribution in [0, 0.1) is 22.7 Å². The highest BCUT2D eigenvalue weighted by molar-refractivity contribution is 5.89. The van der Waals surface area contributed by atoms with Crippen LogP contribution in [0.25, 0.3) is 0 Å². The van der Waals surface area contributed by atoms with Gasteiger partial charge in [0.05, 0.1) is 18.2 Å². The third kappa shape index (κ3) is 4.30. The number of nitrogens with zero attached hydrogens (tertiary/aromatic N) is 3. The van der Waals surface area contributed by atoms with Gasteiger partial charge in [0.15, 0.2) is 0 Å². The second-order valence-electron chi connectivity index (χ2n) is 3.90. The van der Waals surface area contributed by atoms with E-state index in [0.717, 1.165) is 4.90 Å². The summed E-state index contributed by atoms with van der Waals surface area (Å²) in [4.78, 5) is 12.9. The van der Waals surface area contributed by atoms with Crippen molar-refractivity contribution >= 4 is 11.7 Å². The van der Waals surface area contributed by atoms with Gasteiger partial charge in [0, 0.05) is 5.69 Å². The summed E-state index contributed by atoms with van der Waals surface area (Å²) in [5.41, 5.74) is 1.18. The van der Waals surface area contributed by atoms with Gasteiger partial charge in [-0.15, -0.1) is 0 Å². The molecule has 0 radical (unpaired) electrons. The van der Waals surface area contributed by atoms with Crippen molar-refractivity contribution in [1.29, 1.82) is 10.5 Å². The zero-order valence-corrected chi connectivity index (χ0v) is 10.5. The number of urea groups is 1. The Morgan fingerprint density at radius 1 is 1.42 bits per heavy atom. The van der Waals surface area contributed by atoms with Gasteiger partial charge in [0.1, 0.15) is 13.1 Å². The van der Waals surface area contributed by atoms with Crippen LogP contribution in [0.4, 0.5) is 10.5 Å². The number of rotatable bonds is 4. The predicted octanol–water partition coefficient (Wildman–Crippen LogP) is 1.62.